The van der Waals surface area contributed by atoms with Gasteiger partial charge in [0.2, 0.25) is 0 Å². The summed E-state index contributed by atoms with van der Waals surface area (Å²) < 4.78 is 9.10. The van der Waals surface area contributed by atoms with Crippen LogP contribution < -0.4 is 4.90 Å². The Kier molecular flexibility index (Phi) is 7.79. The minimum Gasteiger partial charge on any atom is -0.455 e. The number of para-hydroxylation sites is 3. The highest BCUT2D eigenvalue weighted by atomic mass is 32.1. The van der Waals surface area contributed by atoms with E-state index in [4.69, 9.17) is 4.42 Å². The number of benzene rings is 9. The number of nitrogens with zero attached hydrogens (tertiary/aromatic N) is 1. The zero-order valence-corrected chi connectivity index (χ0v) is 34.1. The largest absolute Gasteiger partial charge is 0.455 e. The van der Waals surface area contributed by atoms with Gasteiger partial charge in [0.1, 0.15) is 11.2 Å². The fraction of sp³-hybridized carbons (Fsp3) is 0.0526. The predicted molar refractivity (Wildman–Crippen MR) is 255 cm³/mol. The maximum atomic E-state index is 6.47. The summed E-state index contributed by atoms with van der Waals surface area (Å²) in [6.07, 6.45) is 0. The Morgan fingerprint density at radius 2 is 0.983 bits per heavy atom. The van der Waals surface area contributed by atoms with E-state index < -0.39 is 0 Å². The van der Waals surface area contributed by atoms with E-state index in [2.05, 4.69) is 207 Å². The fourth-order valence-electron chi connectivity index (χ4n) is 9.80. The second-order valence-electron chi connectivity index (χ2n) is 16.4. The molecule has 1 aliphatic carbocycles. The smallest absolute Gasteiger partial charge is 0.143 e. The molecule has 0 atom stereocenters. The molecule has 0 N–H and O–H groups in total. The highest BCUT2D eigenvalue weighted by Crippen LogP contribution is 2.51. The lowest BCUT2D eigenvalue weighted by Crippen LogP contribution is -2.14. The van der Waals surface area contributed by atoms with Crippen LogP contribution in [0.1, 0.15) is 25.0 Å². The van der Waals surface area contributed by atoms with Gasteiger partial charge in [-0.2, -0.15) is 0 Å². The van der Waals surface area contributed by atoms with Crippen molar-refractivity contribution in [3.05, 3.63) is 211 Å². The average molecular weight is 786 g/mol. The monoisotopic (exact) mass is 785 g/mol. The summed E-state index contributed by atoms with van der Waals surface area (Å²) in [5.41, 5.74) is 17.5. The van der Waals surface area contributed by atoms with Gasteiger partial charge in [-0.05, 0) is 99.1 Å². The van der Waals surface area contributed by atoms with Crippen molar-refractivity contribution >= 4 is 70.5 Å². The number of thiophene rings is 1. The second kappa shape index (κ2) is 13.4. The van der Waals surface area contributed by atoms with E-state index in [-0.39, 0.29) is 5.41 Å². The Bertz CT molecular complexity index is 3460. The number of hydrogen-bond donors (Lipinski definition) is 0. The second-order valence-corrected chi connectivity index (χ2v) is 17.5. The topological polar surface area (TPSA) is 16.4 Å². The molecule has 0 fully saturated rings. The van der Waals surface area contributed by atoms with Crippen molar-refractivity contribution in [2.75, 3.05) is 4.90 Å². The van der Waals surface area contributed by atoms with E-state index in [1.807, 2.05) is 23.5 Å². The Morgan fingerprint density at radius 1 is 0.417 bits per heavy atom. The van der Waals surface area contributed by atoms with Crippen LogP contribution in [0.5, 0.6) is 0 Å². The van der Waals surface area contributed by atoms with Crippen molar-refractivity contribution in [3.63, 3.8) is 0 Å². The van der Waals surface area contributed by atoms with E-state index in [9.17, 15) is 0 Å². The third-order valence-electron chi connectivity index (χ3n) is 12.7. The average Bonchev–Trinajstić information content (AvgIpc) is 3.95. The number of hydrogen-bond acceptors (Lipinski definition) is 3. The summed E-state index contributed by atoms with van der Waals surface area (Å²) in [7, 11) is 0. The zero-order chi connectivity index (χ0) is 40.0. The van der Waals surface area contributed by atoms with Crippen LogP contribution in [0, 0.1) is 0 Å². The molecule has 0 unspecified atom stereocenters. The maximum Gasteiger partial charge on any atom is 0.143 e. The lowest BCUT2D eigenvalue weighted by molar-refractivity contribution is 0.660. The summed E-state index contributed by atoms with van der Waals surface area (Å²) in [6.45, 7) is 4.69. The van der Waals surface area contributed by atoms with Crippen molar-refractivity contribution in [3.8, 4) is 44.5 Å². The molecule has 3 heteroatoms. The highest BCUT2D eigenvalue weighted by Gasteiger charge is 2.35. The quantitative estimate of drug-likeness (QED) is 0.167. The molecule has 2 heterocycles. The summed E-state index contributed by atoms with van der Waals surface area (Å²) >= 11 is 1.86. The summed E-state index contributed by atoms with van der Waals surface area (Å²) in [4.78, 5) is 2.41. The van der Waals surface area contributed by atoms with Gasteiger partial charge in [0.05, 0.1) is 5.69 Å². The van der Waals surface area contributed by atoms with Gasteiger partial charge in [0.15, 0.2) is 0 Å². The van der Waals surface area contributed by atoms with Gasteiger partial charge in [-0.25, -0.2) is 0 Å². The van der Waals surface area contributed by atoms with Gasteiger partial charge in [0, 0.05) is 58.9 Å². The molecule has 0 bridgehead atoms. The van der Waals surface area contributed by atoms with Crippen LogP contribution in [0.3, 0.4) is 0 Å². The van der Waals surface area contributed by atoms with Crippen molar-refractivity contribution in [2.45, 2.75) is 19.3 Å². The van der Waals surface area contributed by atoms with Crippen LogP contribution in [-0.4, -0.2) is 0 Å². The molecule has 0 saturated carbocycles. The number of fused-ring (bicyclic) bond motifs is 9. The van der Waals surface area contributed by atoms with E-state index >= 15 is 0 Å². The van der Waals surface area contributed by atoms with Gasteiger partial charge >= 0.3 is 0 Å². The fourth-order valence-corrected chi connectivity index (χ4v) is 10.9. The van der Waals surface area contributed by atoms with E-state index in [0.717, 1.165) is 50.1 Å². The molecule has 0 aliphatic heterocycles. The third kappa shape index (κ3) is 5.33. The lowest BCUT2D eigenvalue weighted by Gasteiger charge is -2.28. The molecular formula is C57H39NOS. The van der Waals surface area contributed by atoms with E-state index in [0.29, 0.717) is 0 Å². The van der Waals surface area contributed by atoms with E-state index in [1.165, 1.54) is 64.7 Å². The molecule has 0 amide bonds. The van der Waals surface area contributed by atoms with Crippen LogP contribution in [0.4, 0.5) is 17.1 Å². The molecule has 0 saturated heterocycles. The van der Waals surface area contributed by atoms with Crippen LogP contribution in [0.15, 0.2) is 205 Å². The first-order valence-electron chi connectivity index (χ1n) is 20.7. The van der Waals surface area contributed by atoms with Gasteiger partial charge < -0.3 is 9.32 Å². The molecule has 60 heavy (non-hydrogen) atoms. The number of anilines is 3. The molecule has 2 aromatic heterocycles. The minimum absolute atomic E-state index is 0.0498. The Morgan fingerprint density at radius 3 is 1.80 bits per heavy atom. The van der Waals surface area contributed by atoms with Crippen LogP contribution in [0.25, 0.3) is 86.6 Å². The Hall–Kier alpha value is -7.20. The molecule has 12 rings (SSSR count). The van der Waals surface area contributed by atoms with Gasteiger partial charge in [0.25, 0.3) is 0 Å². The molecule has 11 aromatic rings. The third-order valence-corrected chi connectivity index (χ3v) is 13.9. The van der Waals surface area contributed by atoms with Crippen molar-refractivity contribution in [2.24, 2.45) is 0 Å². The zero-order valence-electron chi connectivity index (χ0n) is 33.3. The summed E-state index contributed by atoms with van der Waals surface area (Å²) in [5, 5.41) is 4.91. The summed E-state index contributed by atoms with van der Waals surface area (Å²) in [6, 6.07) is 73.1. The first-order chi connectivity index (χ1) is 29.5. The molecule has 2 nitrogen and oxygen atoms in total. The van der Waals surface area contributed by atoms with Gasteiger partial charge in [-0.3, -0.25) is 0 Å². The number of rotatable bonds is 6. The molecular weight excluding hydrogens is 747 g/mol. The first kappa shape index (κ1) is 34.8. The van der Waals surface area contributed by atoms with Crippen LogP contribution >= 0.6 is 11.3 Å². The Labute approximate surface area is 353 Å². The molecule has 9 aromatic carbocycles. The van der Waals surface area contributed by atoms with Crippen molar-refractivity contribution in [1.82, 2.24) is 0 Å². The maximum absolute atomic E-state index is 6.47. The first-order valence-corrected chi connectivity index (χ1v) is 21.5. The summed E-state index contributed by atoms with van der Waals surface area (Å²) in [5.74, 6) is 0. The Balaban J connectivity index is 1.01. The van der Waals surface area contributed by atoms with Crippen LogP contribution in [-0.2, 0) is 5.41 Å². The molecule has 1 aliphatic rings. The van der Waals surface area contributed by atoms with Gasteiger partial charge in [-0.1, -0.05) is 159 Å². The number of furan rings is 1. The molecule has 284 valence electrons. The lowest BCUT2D eigenvalue weighted by atomic mass is 9.82. The minimum atomic E-state index is -0.0498. The van der Waals surface area contributed by atoms with E-state index in [1.54, 1.807) is 0 Å². The standard InChI is InChI=1S/C57H39NOS/c1-57(2)49-20-7-3-14-44(49)48-35-38(29-34-50(48)57)41-13-4-8-21-51(41)58(39-30-25-36(26-31-39)42-17-12-24-54-55(42)47-16-6-10-23-53(47)60-54)40-32-27-37(28-33-40)43-18-11-19-46-45-15-5-9-22-52(45)59-56(43)46/h3-35H,1-2H3. The van der Waals surface area contributed by atoms with Gasteiger partial charge in [-0.15, -0.1) is 11.3 Å². The normalized spacial score (nSPS) is 13.0. The van der Waals surface area contributed by atoms with Crippen molar-refractivity contribution < 1.29 is 4.42 Å². The predicted octanol–water partition coefficient (Wildman–Crippen LogP) is 16.7. The van der Waals surface area contributed by atoms with Crippen molar-refractivity contribution in [1.29, 1.82) is 0 Å². The SMILES string of the molecule is CC1(C)c2ccccc2-c2cc(-c3ccccc3N(c3ccc(-c4cccc5c4oc4ccccc45)cc3)c3ccc(-c4cccc5sc6ccccc6c45)cc3)ccc21. The molecule has 0 radical (unpaired) electrons. The highest BCUT2D eigenvalue weighted by molar-refractivity contribution is 7.25. The van der Waals surface area contributed by atoms with Crippen LogP contribution in [0.2, 0.25) is 0 Å². The molecule has 0 spiro atoms.